The van der Waals surface area contributed by atoms with Crippen molar-refractivity contribution in [3.05, 3.63) is 92.1 Å². The Labute approximate surface area is 203 Å². The van der Waals surface area contributed by atoms with Gasteiger partial charge in [-0.05, 0) is 47.2 Å². The number of H-pyrrole nitrogens is 1. The van der Waals surface area contributed by atoms with Crippen molar-refractivity contribution in [2.75, 3.05) is 23.8 Å². The van der Waals surface area contributed by atoms with Gasteiger partial charge in [-0.25, -0.2) is 4.79 Å². The number of carbonyl (C=O) groups excluding carboxylic acids is 1. The van der Waals surface area contributed by atoms with Crippen LogP contribution in [0.5, 0.6) is 5.75 Å². The van der Waals surface area contributed by atoms with Crippen molar-refractivity contribution in [1.29, 1.82) is 0 Å². The summed E-state index contributed by atoms with van der Waals surface area (Å²) in [6.07, 6.45) is 4.64. The lowest BCUT2D eigenvalue weighted by Gasteiger charge is -2.24. The summed E-state index contributed by atoms with van der Waals surface area (Å²) >= 11 is 0. The first-order valence-corrected chi connectivity index (χ1v) is 11.8. The fourth-order valence-electron chi connectivity index (χ4n) is 4.05. The minimum atomic E-state index is -0.683. The molecule has 1 aromatic heterocycles. The molecule has 0 spiro atoms. The molecule has 2 aromatic carbocycles. The molecule has 0 radical (unpaired) electrons. The van der Waals surface area contributed by atoms with Gasteiger partial charge >= 0.3 is 5.69 Å². The molecule has 4 rings (SSSR count). The molecule has 0 saturated heterocycles. The number of nitrogens with one attached hydrogen (secondary N) is 1. The van der Waals surface area contributed by atoms with Gasteiger partial charge in [-0.15, -0.1) is 0 Å². The first-order chi connectivity index (χ1) is 16.8. The summed E-state index contributed by atoms with van der Waals surface area (Å²) in [5.74, 6) is 0.737. The molecule has 35 heavy (non-hydrogen) atoms. The van der Waals surface area contributed by atoms with E-state index in [4.69, 9.17) is 10.5 Å². The molecular formula is C27H30N4O4. The third-order valence-corrected chi connectivity index (χ3v) is 6.00. The standard InChI is InChI=1S/C27H30N4O4/c1-18(2)12-14-30(23(32)11-9-19-8-10-22-21(16-19)13-15-35-22)24-25(28)31(27(34)29-26(24)33)17-20-6-4-3-5-7-20/h3-11,16,18H,12-15,17,28H2,1-2H3,(H,29,33,34)/b11-9+. The predicted molar refractivity (Wildman–Crippen MR) is 138 cm³/mol. The van der Waals surface area contributed by atoms with Gasteiger partial charge in [0.15, 0.2) is 5.69 Å². The smallest absolute Gasteiger partial charge is 0.330 e. The molecule has 3 aromatic rings. The van der Waals surface area contributed by atoms with E-state index < -0.39 is 11.2 Å². The molecule has 0 atom stereocenters. The molecule has 1 aliphatic heterocycles. The van der Waals surface area contributed by atoms with Crippen LogP contribution >= 0.6 is 0 Å². The van der Waals surface area contributed by atoms with Crippen LogP contribution in [0.15, 0.2) is 64.2 Å². The van der Waals surface area contributed by atoms with Gasteiger partial charge in [0.05, 0.1) is 13.2 Å². The van der Waals surface area contributed by atoms with E-state index >= 15 is 0 Å². The monoisotopic (exact) mass is 474 g/mol. The number of aromatic amines is 1. The number of rotatable bonds is 8. The fraction of sp³-hybridized carbons (Fsp3) is 0.296. The summed E-state index contributed by atoms with van der Waals surface area (Å²) < 4.78 is 6.82. The maximum Gasteiger partial charge on any atom is 0.330 e. The SMILES string of the molecule is CC(C)CCN(C(=O)/C=C/c1ccc2c(c1)CCO2)c1c(N)n(Cc2ccccc2)c(=O)[nH]c1=O. The number of carbonyl (C=O) groups is 1. The maximum atomic E-state index is 13.3. The molecule has 8 heteroatoms. The van der Waals surface area contributed by atoms with Gasteiger partial charge in [0.1, 0.15) is 11.6 Å². The van der Waals surface area contributed by atoms with E-state index in [1.54, 1.807) is 6.08 Å². The average Bonchev–Trinajstić information content (AvgIpc) is 3.30. The summed E-state index contributed by atoms with van der Waals surface area (Å²) in [6.45, 7) is 5.19. The number of nitrogen functional groups attached to an aromatic ring is 1. The van der Waals surface area contributed by atoms with E-state index in [-0.39, 0.29) is 30.5 Å². The molecule has 0 unspecified atom stereocenters. The number of fused-ring (bicyclic) bond motifs is 1. The van der Waals surface area contributed by atoms with Crippen molar-refractivity contribution in [1.82, 2.24) is 9.55 Å². The van der Waals surface area contributed by atoms with Gasteiger partial charge in [0.2, 0.25) is 0 Å². The van der Waals surface area contributed by atoms with Gasteiger partial charge in [0, 0.05) is 19.0 Å². The number of aromatic nitrogens is 2. The molecule has 1 aliphatic rings. The Kier molecular flexibility index (Phi) is 7.19. The first-order valence-electron chi connectivity index (χ1n) is 11.8. The number of benzene rings is 2. The Hall–Kier alpha value is -4.07. The third kappa shape index (κ3) is 5.54. The fourth-order valence-corrected chi connectivity index (χ4v) is 4.05. The number of ether oxygens (including phenoxy) is 1. The minimum Gasteiger partial charge on any atom is -0.493 e. The number of nitrogens with zero attached hydrogens (tertiary/aromatic N) is 2. The Bertz CT molecular complexity index is 1360. The summed E-state index contributed by atoms with van der Waals surface area (Å²) in [5, 5.41) is 0. The number of hydrogen-bond acceptors (Lipinski definition) is 5. The lowest BCUT2D eigenvalue weighted by Crippen LogP contribution is -2.41. The second-order valence-corrected chi connectivity index (χ2v) is 9.04. The third-order valence-electron chi connectivity index (χ3n) is 6.00. The maximum absolute atomic E-state index is 13.3. The van der Waals surface area contributed by atoms with Crippen LogP contribution in [-0.4, -0.2) is 28.6 Å². The normalized spacial score (nSPS) is 12.7. The molecule has 2 heterocycles. The van der Waals surface area contributed by atoms with Crippen molar-refractivity contribution in [3.63, 3.8) is 0 Å². The van der Waals surface area contributed by atoms with Crippen LogP contribution in [-0.2, 0) is 17.8 Å². The van der Waals surface area contributed by atoms with Crippen molar-refractivity contribution < 1.29 is 9.53 Å². The molecule has 0 bridgehead atoms. The lowest BCUT2D eigenvalue weighted by molar-refractivity contribution is -0.114. The number of amides is 1. The molecule has 1 amide bonds. The molecule has 0 saturated carbocycles. The zero-order valence-corrected chi connectivity index (χ0v) is 20.0. The minimum absolute atomic E-state index is 0.0156. The van der Waals surface area contributed by atoms with Gasteiger partial charge in [0.25, 0.3) is 11.5 Å². The molecule has 0 fully saturated rings. The van der Waals surface area contributed by atoms with Crippen LogP contribution in [0, 0.1) is 5.92 Å². The molecule has 182 valence electrons. The number of nitrogens with two attached hydrogens (primary N) is 1. The van der Waals surface area contributed by atoms with Crippen molar-refractivity contribution in [2.24, 2.45) is 5.92 Å². The van der Waals surface area contributed by atoms with Crippen molar-refractivity contribution in [3.8, 4) is 5.75 Å². The van der Waals surface area contributed by atoms with Crippen LogP contribution in [0.25, 0.3) is 6.08 Å². The highest BCUT2D eigenvalue weighted by Crippen LogP contribution is 2.26. The van der Waals surface area contributed by atoms with Crippen molar-refractivity contribution >= 4 is 23.5 Å². The van der Waals surface area contributed by atoms with E-state index in [1.807, 2.05) is 62.4 Å². The van der Waals surface area contributed by atoms with Gasteiger partial charge in [-0.1, -0.05) is 50.2 Å². The summed E-state index contributed by atoms with van der Waals surface area (Å²) in [4.78, 5) is 42.5. The van der Waals surface area contributed by atoms with E-state index in [1.165, 1.54) is 15.5 Å². The van der Waals surface area contributed by atoms with Crippen LogP contribution in [0.4, 0.5) is 11.5 Å². The summed E-state index contributed by atoms with van der Waals surface area (Å²) in [5.41, 5.74) is 7.85. The highest BCUT2D eigenvalue weighted by molar-refractivity contribution is 6.05. The van der Waals surface area contributed by atoms with Gasteiger partial charge in [-0.3, -0.25) is 19.1 Å². The van der Waals surface area contributed by atoms with E-state index in [9.17, 15) is 14.4 Å². The predicted octanol–water partition coefficient (Wildman–Crippen LogP) is 3.19. The Morgan fingerprint density at radius 2 is 1.97 bits per heavy atom. The quantitative estimate of drug-likeness (QED) is 0.487. The molecular weight excluding hydrogens is 444 g/mol. The zero-order valence-electron chi connectivity index (χ0n) is 20.0. The van der Waals surface area contributed by atoms with Crippen LogP contribution in [0.2, 0.25) is 0 Å². The highest BCUT2D eigenvalue weighted by Gasteiger charge is 2.23. The molecule has 0 aliphatic carbocycles. The first kappa shape index (κ1) is 24.1. The average molecular weight is 475 g/mol. The summed E-state index contributed by atoms with van der Waals surface area (Å²) in [7, 11) is 0. The Morgan fingerprint density at radius 1 is 1.20 bits per heavy atom. The number of anilines is 2. The van der Waals surface area contributed by atoms with E-state index in [2.05, 4.69) is 4.98 Å². The Balaban J connectivity index is 1.69. The van der Waals surface area contributed by atoms with Crippen LogP contribution in [0.3, 0.4) is 0 Å². The second-order valence-electron chi connectivity index (χ2n) is 9.04. The van der Waals surface area contributed by atoms with Crippen LogP contribution < -0.4 is 26.6 Å². The summed E-state index contributed by atoms with van der Waals surface area (Å²) in [6, 6.07) is 15.1. The number of hydrogen-bond donors (Lipinski definition) is 2. The zero-order chi connectivity index (χ0) is 24.9. The molecule has 8 nitrogen and oxygen atoms in total. The van der Waals surface area contributed by atoms with Gasteiger partial charge in [-0.2, -0.15) is 0 Å². The van der Waals surface area contributed by atoms with Crippen molar-refractivity contribution in [2.45, 2.75) is 33.2 Å². The van der Waals surface area contributed by atoms with Gasteiger partial charge < -0.3 is 15.4 Å². The second kappa shape index (κ2) is 10.5. The van der Waals surface area contributed by atoms with E-state index in [0.29, 0.717) is 18.9 Å². The largest absolute Gasteiger partial charge is 0.493 e. The highest BCUT2D eigenvalue weighted by atomic mass is 16.5. The lowest BCUT2D eigenvalue weighted by atomic mass is 10.1. The molecule has 3 N–H and O–H groups in total. The van der Waals surface area contributed by atoms with Crippen LogP contribution in [0.1, 0.15) is 37.0 Å². The Morgan fingerprint density at radius 3 is 2.71 bits per heavy atom. The van der Waals surface area contributed by atoms with E-state index in [0.717, 1.165) is 28.9 Å². The topological polar surface area (TPSA) is 110 Å².